The van der Waals surface area contributed by atoms with Crippen molar-refractivity contribution in [3.05, 3.63) is 53.1 Å². The molecule has 2 heterocycles. The van der Waals surface area contributed by atoms with Gasteiger partial charge in [-0.3, -0.25) is 4.40 Å². The van der Waals surface area contributed by atoms with Gasteiger partial charge in [0.15, 0.2) is 4.96 Å². The van der Waals surface area contributed by atoms with Crippen LogP contribution in [-0.4, -0.2) is 16.5 Å². The maximum atomic E-state index is 5.28. The highest BCUT2D eigenvalue weighted by Crippen LogP contribution is 2.36. The molecule has 0 N–H and O–H groups in total. The summed E-state index contributed by atoms with van der Waals surface area (Å²) in [6.45, 7) is 0. The SMILES string of the molecule is COc1ccc2c(c1)sc1nc(-c3ccccc3)c(Br)n12. The molecule has 0 unspecified atom stereocenters. The van der Waals surface area contributed by atoms with Gasteiger partial charge in [-0.15, -0.1) is 0 Å². The Morgan fingerprint density at radius 1 is 1.14 bits per heavy atom. The highest BCUT2D eigenvalue weighted by atomic mass is 79.9. The molecular formula is C16H11BrN2OS. The van der Waals surface area contributed by atoms with Crippen molar-refractivity contribution in [1.82, 2.24) is 9.38 Å². The first-order valence-electron chi connectivity index (χ1n) is 6.48. The number of aromatic nitrogens is 2. The fourth-order valence-electron chi connectivity index (χ4n) is 2.42. The smallest absolute Gasteiger partial charge is 0.196 e. The summed E-state index contributed by atoms with van der Waals surface area (Å²) in [5, 5.41) is 0. The number of hydrogen-bond donors (Lipinski definition) is 0. The van der Waals surface area contributed by atoms with Crippen LogP contribution in [0.2, 0.25) is 0 Å². The Morgan fingerprint density at radius 2 is 1.95 bits per heavy atom. The molecular weight excluding hydrogens is 348 g/mol. The van der Waals surface area contributed by atoms with Gasteiger partial charge in [0.1, 0.15) is 16.0 Å². The quantitative estimate of drug-likeness (QED) is 0.504. The molecule has 0 fully saturated rings. The van der Waals surface area contributed by atoms with Crippen LogP contribution in [0.4, 0.5) is 0 Å². The van der Waals surface area contributed by atoms with E-state index >= 15 is 0 Å². The van der Waals surface area contributed by atoms with E-state index in [4.69, 9.17) is 9.72 Å². The van der Waals surface area contributed by atoms with Crippen LogP contribution >= 0.6 is 27.3 Å². The van der Waals surface area contributed by atoms with Gasteiger partial charge in [-0.1, -0.05) is 41.7 Å². The van der Waals surface area contributed by atoms with Crippen molar-refractivity contribution in [2.75, 3.05) is 7.11 Å². The number of hydrogen-bond acceptors (Lipinski definition) is 3. The van der Waals surface area contributed by atoms with Gasteiger partial charge in [0.05, 0.1) is 17.3 Å². The molecule has 5 heteroatoms. The third kappa shape index (κ3) is 1.96. The van der Waals surface area contributed by atoms with Crippen LogP contribution in [0.15, 0.2) is 53.1 Å². The lowest BCUT2D eigenvalue weighted by atomic mass is 10.2. The van der Waals surface area contributed by atoms with Crippen LogP contribution in [0.5, 0.6) is 5.75 Å². The van der Waals surface area contributed by atoms with Gasteiger partial charge in [0.25, 0.3) is 0 Å². The minimum Gasteiger partial charge on any atom is -0.497 e. The van der Waals surface area contributed by atoms with Crippen LogP contribution < -0.4 is 4.74 Å². The summed E-state index contributed by atoms with van der Waals surface area (Å²) in [6.07, 6.45) is 0. The number of fused-ring (bicyclic) bond motifs is 3. The summed E-state index contributed by atoms with van der Waals surface area (Å²) in [5.74, 6) is 0.867. The monoisotopic (exact) mass is 358 g/mol. The number of imidazole rings is 1. The van der Waals surface area contributed by atoms with Gasteiger partial charge in [-0.2, -0.15) is 0 Å². The van der Waals surface area contributed by atoms with Crippen molar-refractivity contribution in [1.29, 1.82) is 0 Å². The average Bonchev–Trinajstić information content (AvgIpc) is 3.04. The van der Waals surface area contributed by atoms with Gasteiger partial charge < -0.3 is 4.74 Å². The molecule has 0 saturated carbocycles. The van der Waals surface area contributed by atoms with Crippen molar-refractivity contribution >= 4 is 42.4 Å². The zero-order chi connectivity index (χ0) is 14.4. The van der Waals surface area contributed by atoms with E-state index in [9.17, 15) is 0 Å². The normalized spacial score (nSPS) is 11.3. The number of methoxy groups -OCH3 is 1. The summed E-state index contributed by atoms with van der Waals surface area (Å²) in [5.41, 5.74) is 3.22. The van der Waals surface area contributed by atoms with E-state index in [1.807, 2.05) is 30.3 Å². The number of nitrogens with zero attached hydrogens (tertiary/aromatic N) is 2. The first-order chi connectivity index (χ1) is 10.3. The summed E-state index contributed by atoms with van der Waals surface area (Å²) in [7, 11) is 1.68. The van der Waals surface area contributed by atoms with Gasteiger partial charge in [-0.05, 0) is 34.1 Å². The lowest BCUT2D eigenvalue weighted by Gasteiger charge is -2.00. The summed E-state index contributed by atoms with van der Waals surface area (Å²) in [6, 6.07) is 16.3. The van der Waals surface area contributed by atoms with Crippen LogP contribution in [0, 0.1) is 0 Å². The Labute approximate surface area is 133 Å². The fourth-order valence-corrected chi connectivity index (χ4v) is 4.27. The van der Waals surface area contributed by atoms with Gasteiger partial charge in [0, 0.05) is 5.56 Å². The van der Waals surface area contributed by atoms with Crippen molar-refractivity contribution in [3.63, 3.8) is 0 Å². The lowest BCUT2D eigenvalue weighted by molar-refractivity contribution is 0.415. The molecule has 0 aliphatic rings. The zero-order valence-corrected chi connectivity index (χ0v) is 13.6. The first kappa shape index (κ1) is 12.9. The van der Waals surface area contributed by atoms with Gasteiger partial charge in [-0.25, -0.2) is 4.98 Å². The van der Waals surface area contributed by atoms with E-state index < -0.39 is 0 Å². The minimum absolute atomic E-state index is 0.867. The van der Waals surface area contributed by atoms with E-state index in [0.29, 0.717) is 0 Å². The van der Waals surface area contributed by atoms with Crippen molar-refractivity contribution in [3.8, 4) is 17.0 Å². The second kappa shape index (κ2) is 4.86. The molecule has 0 spiro atoms. The third-order valence-electron chi connectivity index (χ3n) is 3.45. The number of thiazole rings is 1. The molecule has 3 nitrogen and oxygen atoms in total. The molecule has 21 heavy (non-hydrogen) atoms. The molecule has 4 aromatic rings. The van der Waals surface area contributed by atoms with E-state index in [2.05, 4.69) is 38.5 Å². The second-order valence-corrected chi connectivity index (χ2v) is 6.43. The molecule has 4 rings (SSSR count). The molecule has 0 aliphatic heterocycles. The highest BCUT2D eigenvalue weighted by Gasteiger charge is 2.16. The second-order valence-electron chi connectivity index (χ2n) is 4.67. The van der Waals surface area contributed by atoms with Crippen molar-refractivity contribution in [2.45, 2.75) is 0 Å². The Kier molecular flexibility index (Phi) is 2.97. The minimum atomic E-state index is 0.867. The maximum Gasteiger partial charge on any atom is 0.196 e. The predicted octanol–water partition coefficient (Wildman–Crippen LogP) is 4.99. The van der Waals surface area contributed by atoms with Gasteiger partial charge in [0.2, 0.25) is 0 Å². The standard InChI is InChI=1S/C16H11BrN2OS/c1-20-11-7-8-12-13(9-11)21-16-18-14(15(17)19(12)16)10-5-3-2-4-6-10/h2-9H,1H3. The highest BCUT2D eigenvalue weighted by molar-refractivity contribution is 9.10. The van der Waals surface area contributed by atoms with Gasteiger partial charge >= 0.3 is 0 Å². The van der Waals surface area contributed by atoms with Crippen LogP contribution in [-0.2, 0) is 0 Å². The molecule has 0 aliphatic carbocycles. The Hall–Kier alpha value is -1.85. The summed E-state index contributed by atoms with van der Waals surface area (Å²) < 4.78 is 9.57. The van der Waals surface area contributed by atoms with E-state index in [1.54, 1.807) is 18.4 Å². The number of rotatable bonds is 2. The van der Waals surface area contributed by atoms with E-state index in [-0.39, 0.29) is 0 Å². The molecule has 2 aromatic heterocycles. The summed E-state index contributed by atoms with van der Waals surface area (Å²) >= 11 is 5.36. The largest absolute Gasteiger partial charge is 0.497 e. The number of halogens is 1. The molecule has 2 aromatic carbocycles. The molecule has 0 bridgehead atoms. The Bertz CT molecular complexity index is 943. The first-order valence-corrected chi connectivity index (χ1v) is 8.09. The molecule has 0 saturated heterocycles. The molecule has 0 radical (unpaired) electrons. The van der Waals surface area contributed by atoms with Crippen LogP contribution in [0.25, 0.3) is 26.4 Å². The molecule has 0 atom stereocenters. The van der Waals surface area contributed by atoms with Crippen LogP contribution in [0.1, 0.15) is 0 Å². The van der Waals surface area contributed by atoms with E-state index in [0.717, 1.165) is 36.8 Å². The zero-order valence-electron chi connectivity index (χ0n) is 11.2. The third-order valence-corrected chi connectivity index (χ3v) is 5.18. The molecule has 104 valence electrons. The predicted molar refractivity (Wildman–Crippen MR) is 90.3 cm³/mol. The topological polar surface area (TPSA) is 26.5 Å². The fraction of sp³-hybridized carbons (Fsp3) is 0.0625. The van der Waals surface area contributed by atoms with Crippen molar-refractivity contribution in [2.24, 2.45) is 0 Å². The number of benzene rings is 2. The maximum absolute atomic E-state index is 5.28. The molecule has 0 amide bonds. The number of ether oxygens (including phenoxy) is 1. The summed E-state index contributed by atoms with van der Waals surface area (Å²) in [4.78, 5) is 5.74. The van der Waals surface area contributed by atoms with Crippen molar-refractivity contribution < 1.29 is 4.74 Å². The Balaban J connectivity index is 2.00. The lowest BCUT2D eigenvalue weighted by Crippen LogP contribution is -1.84. The average molecular weight is 359 g/mol. The van der Waals surface area contributed by atoms with Crippen LogP contribution in [0.3, 0.4) is 0 Å². The van der Waals surface area contributed by atoms with E-state index in [1.165, 1.54) is 0 Å². The Morgan fingerprint density at radius 3 is 2.71 bits per heavy atom.